The number of hydrogen-bond donors (Lipinski definition) is 1. The molecule has 2 aromatic rings. The molecule has 1 N–H and O–H groups in total. The molecule has 3 nitrogen and oxygen atoms in total. The van der Waals surface area contributed by atoms with Gasteiger partial charge in [0.1, 0.15) is 0 Å². The average molecular weight is 353 g/mol. The van der Waals surface area contributed by atoms with Crippen LogP contribution in [0, 0.1) is 6.92 Å². The first kappa shape index (κ1) is 17.6. The maximum Gasteiger partial charge on any atom is 0.328 e. The summed E-state index contributed by atoms with van der Waals surface area (Å²) in [5.74, 6) is 0.0826. The van der Waals surface area contributed by atoms with Crippen LogP contribution in [0.5, 0.6) is 0 Å². The molecule has 3 rings (SSSR count). The van der Waals surface area contributed by atoms with Crippen molar-refractivity contribution < 1.29 is 9.90 Å². The van der Waals surface area contributed by atoms with E-state index < -0.39 is 5.97 Å². The van der Waals surface area contributed by atoms with Gasteiger partial charge in [-0.05, 0) is 42.7 Å². The summed E-state index contributed by atoms with van der Waals surface area (Å²) in [6.45, 7) is 5.17. The van der Waals surface area contributed by atoms with Gasteiger partial charge < -0.3 is 9.67 Å². The molecule has 0 radical (unpaired) electrons. The van der Waals surface area contributed by atoms with Gasteiger partial charge in [0.25, 0.3) is 0 Å². The molecule has 1 aliphatic rings. The van der Waals surface area contributed by atoms with Gasteiger partial charge in [-0.2, -0.15) is 0 Å². The normalized spacial score (nSPS) is 14.2. The number of fused-ring (bicyclic) bond motifs is 1. The Morgan fingerprint density at radius 2 is 2.04 bits per heavy atom. The Hall–Kier alpha value is -2.20. The molecule has 0 saturated heterocycles. The van der Waals surface area contributed by atoms with E-state index in [1.165, 1.54) is 33.5 Å². The van der Waals surface area contributed by atoms with Crippen LogP contribution in [0.4, 0.5) is 0 Å². The molecular weight excluding hydrogens is 330 g/mol. The molecule has 130 valence electrons. The number of carbonyl (C=O) groups is 1. The molecule has 0 bridgehead atoms. The summed E-state index contributed by atoms with van der Waals surface area (Å²) in [5, 5.41) is 8.95. The Morgan fingerprint density at radius 3 is 2.72 bits per heavy atom. The molecule has 1 aliphatic carbocycles. The second kappa shape index (κ2) is 7.79. The summed E-state index contributed by atoms with van der Waals surface area (Å²) in [6.07, 6.45) is 4.86. The lowest BCUT2D eigenvalue weighted by atomic mass is 9.96. The summed E-state index contributed by atoms with van der Waals surface area (Å²) in [4.78, 5) is 12.1. The SMILES string of the molecule is CCSC1=C(/C=C/C(=O)O)CCc2c1cc(C)n2Cc1ccccc1. The zero-order valence-corrected chi connectivity index (χ0v) is 15.5. The van der Waals surface area contributed by atoms with Gasteiger partial charge >= 0.3 is 5.97 Å². The maximum absolute atomic E-state index is 10.9. The fourth-order valence-electron chi connectivity index (χ4n) is 3.37. The molecule has 1 aromatic carbocycles. The van der Waals surface area contributed by atoms with Gasteiger partial charge in [0, 0.05) is 34.5 Å². The number of aromatic nitrogens is 1. The van der Waals surface area contributed by atoms with E-state index in [0.29, 0.717) is 0 Å². The first-order valence-corrected chi connectivity index (χ1v) is 9.59. The van der Waals surface area contributed by atoms with E-state index in [9.17, 15) is 4.79 Å². The zero-order chi connectivity index (χ0) is 17.8. The fourth-order valence-corrected chi connectivity index (χ4v) is 4.34. The van der Waals surface area contributed by atoms with Crippen molar-refractivity contribution in [3.8, 4) is 0 Å². The van der Waals surface area contributed by atoms with Gasteiger partial charge in [0.15, 0.2) is 0 Å². The van der Waals surface area contributed by atoms with Crippen molar-refractivity contribution >= 4 is 22.6 Å². The summed E-state index contributed by atoms with van der Waals surface area (Å²) < 4.78 is 2.40. The second-order valence-electron chi connectivity index (χ2n) is 6.18. The second-order valence-corrected chi connectivity index (χ2v) is 7.45. The Balaban J connectivity index is 2.01. The molecule has 0 aliphatic heterocycles. The molecule has 0 fully saturated rings. The summed E-state index contributed by atoms with van der Waals surface area (Å²) in [5.41, 5.74) is 6.33. The number of aryl methyl sites for hydroxylation is 1. The monoisotopic (exact) mass is 353 g/mol. The van der Waals surface area contributed by atoms with Gasteiger partial charge in [-0.3, -0.25) is 0 Å². The van der Waals surface area contributed by atoms with Gasteiger partial charge in [-0.1, -0.05) is 43.3 Å². The van der Waals surface area contributed by atoms with Crippen molar-refractivity contribution in [2.24, 2.45) is 0 Å². The lowest BCUT2D eigenvalue weighted by Gasteiger charge is -2.21. The third-order valence-electron chi connectivity index (χ3n) is 4.48. The Kier molecular flexibility index (Phi) is 5.49. The lowest BCUT2D eigenvalue weighted by molar-refractivity contribution is -0.131. The van der Waals surface area contributed by atoms with Gasteiger partial charge in [-0.15, -0.1) is 11.8 Å². The third-order valence-corrected chi connectivity index (χ3v) is 5.54. The number of benzene rings is 1. The number of rotatable bonds is 6. The van der Waals surface area contributed by atoms with Gasteiger partial charge in [0.2, 0.25) is 0 Å². The van der Waals surface area contributed by atoms with E-state index in [-0.39, 0.29) is 0 Å². The number of thioether (sulfide) groups is 1. The number of aliphatic carboxylic acids is 1. The molecule has 0 atom stereocenters. The highest BCUT2D eigenvalue weighted by atomic mass is 32.2. The summed E-state index contributed by atoms with van der Waals surface area (Å²) in [6, 6.07) is 12.8. The topological polar surface area (TPSA) is 42.2 Å². The summed E-state index contributed by atoms with van der Waals surface area (Å²) >= 11 is 1.81. The van der Waals surface area contributed by atoms with Crippen LogP contribution < -0.4 is 0 Å². The quantitative estimate of drug-likeness (QED) is 0.751. The van der Waals surface area contributed by atoms with Crippen molar-refractivity contribution in [1.29, 1.82) is 0 Å². The summed E-state index contributed by atoms with van der Waals surface area (Å²) in [7, 11) is 0. The fraction of sp³-hybridized carbons (Fsp3) is 0.286. The zero-order valence-electron chi connectivity index (χ0n) is 14.7. The number of carboxylic acid groups (broad SMARTS) is 1. The highest BCUT2D eigenvalue weighted by Gasteiger charge is 2.23. The van der Waals surface area contributed by atoms with Crippen molar-refractivity contribution in [3.05, 3.63) is 76.6 Å². The molecule has 1 aromatic heterocycles. The molecule has 0 unspecified atom stereocenters. The van der Waals surface area contributed by atoms with Crippen LogP contribution >= 0.6 is 11.8 Å². The number of nitrogens with zero attached hydrogens (tertiary/aromatic N) is 1. The number of allylic oxidation sites excluding steroid dienone is 2. The van der Waals surface area contributed by atoms with Crippen LogP contribution in [0.1, 0.15) is 35.9 Å². The Labute approximate surface area is 153 Å². The molecule has 1 heterocycles. The molecule has 0 spiro atoms. The van der Waals surface area contributed by atoms with Crippen molar-refractivity contribution in [2.45, 2.75) is 33.2 Å². The molecule has 25 heavy (non-hydrogen) atoms. The van der Waals surface area contributed by atoms with Crippen LogP contribution in [0.15, 0.2) is 54.1 Å². The molecule has 4 heteroatoms. The van der Waals surface area contributed by atoms with Crippen molar-refractivity contribution in [2.75, 3.05) is 5.75 Å². The minimum Gasteiger partial charge on any atom is -0.478 e. The lowest BCUT2D eigenvalue weighted by Crippen LogP contribution is -2.10. The predicted octanol–water partition coefficient (Wildman–Crippen LogP) is 4.90. The van der Waals surface area contributed by atoms with E-state index in [0.717, 1.165) is 30.7 Å². The Bertz CT molecular complexity index is 831. The van der Waals surface area contributed by atoms with E-state index in [1.807, 2.05) is 6.07 Å². The van der Waals surface area contributed by atoms with Crippen LogP contribution in [0.3, 0.4) is 0 Å². The molecular formula is C21H23NO2S. The predicted molar refractivity (Wildman–Crippen MR) is 105 cm³/mol. The number of carboxylic acids is 1. The first-order valence-electron chi connectivity index (χ1n) is 8.60. The standard InChI is InChI=1S/C21H23NO2S/c1-3-25-21-17(10-12-20(23)24)9-11-19-18(21)13-15(2)22(19)14-16-7-5-4-6-8-16/h4-8,10,12-13H,3,9,11,14H2,1-2H3,(H,23,24)/b12-10+. The minimum absolute atomic E-state index is 0.881. The molecule has 0 amide bonds. The minimum atomic E-state index is -0.892. The Morgan fingerprint density at radius 1 is 1.28 bits per heavy atom. The van der Waals surface area contributed by atoms with Crippen LogP contribution in [0.2, 0.25) is 0 Å². The number of hydrogen-bond acceptors (Lipinski definition) is 2. The van der Waals surface area contributed by atoms with Crippen molar-refractivity contribution in [1.82, 2.24) is 4.57 Å². The van der Waals surface area contributed by atoms with E-state index in [4.69, 9.17) is 5.11 Å². The van der Waals surface area contributed by atoms with Gasteiger partial charge in [-0.25, -0.2) is 4.79 Å². The van der Waals surface area contributed by atoms with E-state index in [1.54, 1.807) is 17.8 Å². The molecule has 0 saturated carbocycles. The van der Waals surface area contributed by atoms with Gasteiger partial charge in [0.05, 0.1) is 0 Å². The smallest absolute Gasteiger partial charge is 0.328 e. The van der Waals surface area contributed by atoms with Crippen molar-refractivity contribution in [3.63, 3.8) is 0 Å². The maximum atomic E-state index is 10.9. The van der Waals surface area contributed by atoms with E-state index in [2.05, 4.69) is 48.7 Å². The van der Waals surface area contributed by atoms with Crippen LogP contribution in [-0.4, -0.2) is 21.4 Å². The van der Waals surface area contributed by atoms with E-state index >= 15 is 0 Å². The third kappa shape index (κ3) is 3.90. The van der Waals surface area contributed by atoms with Crippen LogP contribution in [-0.2, 0) is 17.8 Å². The first-order chi connectivity index (χ1) is 12.1. The van der Waals surface area contributed by atoms with Crippen LogP contribution in [0.25, 0.3) is 4.91 Å². The largest absolute Gasteiger partial charge is 0.478 e. The highest BCUT2D eigenvalue weighted by molar-refractivity contribution is 8.08. The highest BCUT2D eigenvalue weighted by Crippen LogP contribution is 2.41. The average Bonchev–Trinajstić information content (AvgIpc) is 2.91.